The first-order valence-electron chi connectivity index (χ1n) is 8.85. The van der Waals surface area contributed by atoms with Crippen LogP contribution in [0.1, 0.15) is 29.2 Å². The smallest absolute Gasteiger partial charge is 0.222 e. The third-order valence-electron chi connectivity index (χ3n) is 4.88. The number of carbonyl (C=O) groups is 1. The van der Waals surface area contributed by atoms with E-state index >= 15 is 0 Å². The lowest BCUT2D eigenvalue weighted by molar-refractivity contribution is -0.130. The predicted octanol–water partition coefficient (Wildman–Crippen LogP) is 3.80. The van der Waals surface area contributed by atoms with Crippen molar-refractivity contribution in [3.8, 4) is 0 Å². The lowest BCUT2D eigenvalue weighted by atomic mass is 10.1. The van der Waals surface area contributed by atoms with Gasteiger partial charge in [-0.1, -0.05) is 48.0 Å². The number of rotatable bonds is 4. The summed E-state index contributed by atoms with van der Waals surface area (Å²) in [5.74, 6) is -0.628. The second-order valence-corrected chi connectivity index (χ2v) is 9.39. The third-order valence-corrected chi connectivity index (χ3v) is 7.29. The molecule has 2 aromatic rings. The quantitative estimate of drug-likeness (QED) is 0.771. The van der Waals surface area contributed by atoms with E-state index in [0.29, 0.717) is 19.4 Å². The summed E-state index contributed by atoms with van der Waals surface area (Å²) in [6, 6.07) is 13.5. The zero-order chi connectivity index (χ0) is 19.4. The minimum absolute atomic E-state index is 0.0338. The van der Waals surface area contributed by atoms with Gasteiger partial charge in [0.25, 0.3) is 0 Å². The molecule has 1 unspecified atom stereocenters. The highest BCUT2D eigenvalue weighted by Gasteiger charge is 2.32. The maximum absolute atomic E-state index is 13.2. The molecule has 1 fully saturated rings. The molecule has 0 bridgehead atoms. The summed E-state index contributed by atoms with van der Waals surface area (Å²) in [6.07, 6.45) is 1.06. The van der Waals surface area contributed by atoms with Gasteiger partial charge in [-0.25, -0.2) is 12.8 Å². The average Bonchev–Trinajstić information content (AvgIpc) is 2.81. The predicted molar refractivity (Wildman–Crippen MR) is 104 cm³/mol. The number of benzene rings is 2. The van der Waals surface area contributed by atoms with E-state index in [1.807, 2.05) is 30.3 Å². The molecule has 1 heterocycles. The lowest BCUT2D eigenvalue weighted by Crippen LogP contribution is -2.33. The highest BCUT2D eigenvalue weighted by molar-refractivity contribution is 7.91. The van der Waals surface area contributed by atoms with Crippen molar-refractivity contribution in [3.05, 3.63) is 70.5 Å². The second kappa shape index (κ2) is 8.40. The summed E-state index contributed by atoms with van der Waals surface area (Å²) in [5.41, 5.74) is 1.55. The van der Waals surface area contributed by atoms with Crippen LogP contribution in [0.2, 0.25) is 5.02 Å². The highest BCUT2D eigenvalue weighted by atomic mass is 35.5. The first-order chi connectivity index (χ1) is 12.9. The number of hydrogen-bond acceptors (Lipinski definition) is 3. The van der Waals surface area contributed by atoms with Gasteiger partial charge >= 0.3 is 0 Å². The number of aryl methyl sites for hydroxylation is 1. The molecule has 0 saturated carbocycles. The van der Waals surface area contributed by atoms with Crippen molar-refractivity contribution in [2.24, 2.45) is 0 Å². The van der Waals surface area contributed by atoms with E-state index in [1.165, 1.54) is 12.1 Å². The van der Waals surface area contributed by atoms with E-state index in [4.69, 9.17) is 11.6 Å². The lowest BCUT2D eigenvalue weighted by Gasteiger charge is -2.20. The standard InChI is InChI=1S/C20H21ClFNO3S/c21-17-14-15(6-8-18(17)22)7-9-20(24)23-11-10-19(27(25,26)13-12-23)16-4-2-1-3-5-16/h1-6,8,14,19H,7,9-13H2. The molecule has 1 amide bonds. The van der Waals surface area contributed by atoms with Crippen molar-refractivity contribution >= 4 is 27.3 Å². The number of hydrogen-bond donors (Lipinski definition) is 0. The second-order valence-electron chi connectivity index (χ2n) is 6.68. The molecule has 1 atom stereocenters. The maximum atomic E-state index is 13.2. The zero-order valence-electron chi connectivity index (χ0n) is 14.8. The van der Waals surface area contributed by atoms with E-state index in [1.54, 1.807) is 11.0 Å². The molecule has 7 heteroatoms. The van der Waals surface area contributed by atoms with Gasteiger partial charge in [0.15, 0.2) is 9.84 Å². The van der Waals surface area contributed by atoms with Gasteiger partial charge in [0.05, 0.1) is 16.0 Å². The van der Waals surface area contributed by atoms with Crippen LogP contribution in [0.25, 0.3) is 0 Å². The van der Waals surface area contributed by atoms with Crippen LogP contribution < -0.4 is 0 Å². The molecule has 27 heavy (non-hydrogen) atoms. The molecule has 0 N–H and O–H groups in total. The SMILES string of the molecule is O=C(CCc1ccc(F)c(Cl)c1)N1CCC(c2ccccc2)S(=O)(=O)CC1. The molecule has 4 nitrogen and oxygen atoms in total. The largest absolute Gasteiger partial charge is 0.342 e. The molecule has 0 radical (unpaired) electrons. The summed E-state index contributed by atoms with van der Waals surface area (Å²) in [4.78, 5) is 14.2. The Labute approximate surface area is 163 Å². The Morgan fingerprint density at radius 3 is 2.59 bits per heavy atom. The summed E-state index contributed by atoms with van der Waals surface area (Å²) in [5, 5.41) is -0.543. The number of sulfone groups is 1. The topological polar surface area (TPSA) is 54.5 Å². The van der Waals surface area contributed by atoms with Gasteiger partial charge in [0.1, 0.15) is 5.82 Å². The number of carbonyl (C=O) groups excluding carboxylic acids is 1. The fourth-order valence-corrected chi connectivity index (χ4v) is 5.34. The van der Waals surface area contributed by atoms with Crippen LogP contribution in [0.4, 0.5) is 4.39 Å². The van der Waals surface area contributed by atoms with Gasteiger partial charge in [-0.2, -0.15) is 0 Å². The van der Waals surface area contributed by atoms with Crippen molar-refractivity contribution < 1.29 is 17.6 Å². The molecular weight excluding hydrogens is 389 g/mol. The molecule has 144 valence electrons. The van der Waals surface area contributed by atoms with Gasteiger partial charge in [0.2, 0.25) is 5.91 Å². The molecule has 2 aromatic carbocycles. The molecule has 1 aliphatic heterocycles. The Bertz CT molecular complexity index is 918. The first-order valence-corrected chi connectivity index (χ1v) is 10.9. The van der Waals surface area contributed by atoms with Crippen LogP contribution in [-0.2, 0) is 21.1 Å². The van der Waals surface area contributed by atoms with Crippen LogP contribution in [-0.4, -0.2) is 38.1 Å². The Morgan fingerprint density at radius 1 is 1.15 bits per heavy atom. The van der Waals surface area contributed by atoms with E-state index in [-0.39, 0.29) is 29.6 Å². The Balaban J connectivity index is 1.64. The van der Waals surface area contributed by atoms with Gasteiger partial charge in [-0.15, -0.1) is 0 Å². The number of amides is 1. The summed E-state index contributed by atoms with van der Waals surface area (Å²) in [6.45, 7) is 0.608. The average molecular weight is 410 g/mol. The third kappa shape index (κ3) is 4.87. The maximum Gasteiger partial charge on any atom is 0.222 e. The monoisotopic (exact) mass is 409 g/mol. The normalized spacial score (nSPS) is 19.5. The minimum atomic E-state index is -3.31. The van der Waals surface area contributed by atoms with Gasteiger partial charge < -0.3 is 4.90 Å². The first kappa shape index (κ1) is 19.8. The molecule has 1 aliphatic rings. The van der Waals surface area contributed by atoms with E-state index in [2.05, 4.69) is 0 Å². The molecule has 3 rings (SSSR count). The van der Waals surface area contributed by atoms with Gasteiger partial charge in [0, 0.05) is 19.5 Å². The van der Waals surface area contributed by atoms with Crippen LogP contribution >= 0.6 is 11.6 Å². The van der Waals surface area contributed by atoms with E-state index in [0.717, 1.165) is 11.1 Å². The molecular formula is C20H21ClFNO3S. The van der Waals surface area contributed by atoms with E-state index in [9.17, 15) is 17.6 Å². The van der Waals surface area contributed by atoms with Crippen molar-refractivity contribution in [1.82, 2.24) is 4.90 Å². The Hall–Kier alpha value is -1.92. The number of nitrogens with zero attached hydrogens (tertiary/aromatic N) is 1. The fraction of sp³-hybridized carbons (Fsp3) is 0.350. The van der Waals surface area contributed by atoms with Crippen LogP contribution in [0.3, 0.4) is 0 Å². The molecule has 0 spiro atoms. The summed E-state index contributed by atoms with van der Waals surface area (Å²) in [7, 11) is -3.31. The summed E-state index contributed by atoms with van der Waals surface area (Å²) >= 11 is 5.77. The zero-order valence-corrected chi connectivity index (χ0v) is 16.3. The minimum Gasteiger partial charge on any atom is -0.342 e. The van der Waals surface area contributed by atoms with Gasteiger partial charge in [-0.05, 0) is 36.1 Å². The van der Waals surface area contributed by atoms with E-state index < -0.39 is 20.9 Å². The van der Waals surface area contributed by atoms with Crippen molar-refractivity contribution in [1.29, 1.82) is 0 Å². The number of halogens is 2. The van der Waals surface area contributed by atoms with Crippen LogP contribution in [0.15, 0.2) is 48.5 Å². The van der Waals surface area contributed by atoms with Crippen LogP contribution in [0.5, 0.6) is 0 Å². The highest BCUT2D eigenvalue weighted by Crippen LogP contribution is 2.29. The van der Waals surface area contributed by atoms with Crippen molar-refractivity contribution in [2.75, 3.05) is 18.8 Å². The molecule has 0 aliphatic carbocycles. The Morgan fingerprint density at radius 2 is 1.89 bits per heavy atom. The van der Waals surface area contributed by atoms with Crippen molar-refractivity contribution in [2.45, 2.75) is 24.5 Å². The summed E-state index contributed by atoms with van der Waals surface area (Å²) < 4.78 is 38.5. The fourth-order valence-electron chi connectivity index (χ4n) is 3.34. The molecule has 0 aromatic heterocycles. The Kier molecular flexibility index (Phi) is 6.17. The molecule has 1 saturated heterocycles. The van der Waals surface area contributed by atoms with Crippen LogP contribution in [0, 0.1) is 5.82 Å². The van der Waals surface area contributed by atoms with Crippen molar-refractivity contribution in [3.63, 3.8) is 0 Å². The van der Waals surface area contributed by atoms with Gasteiger partial charge in [-0.3, -0.25) is 4.79 Å².